The van der Waals surface area contributed by atoms with E-state index in [2.05, 4.69) is 22.1 Å². The third-order valence-electron chi connectivity index (χ3n) is 4.67. The Bertz CT molecular complexity index is 920. The molecule has 0 saturated carbocycles. The molecule has 0 atom stereocenters. The maximum Gasteiger partial charge on any atom is 0.262 e. The van der Waals surface area contributed by atoms with Crippen molar-refractivity contribution in [3.05, 3.63) is 64.5 Å². The van der Waals surface area contributed by atoms with Gasteiger partial charge in [-0.05, 0) is 43.5 Å². The van der Waals surface area contributed by atoms with Gasteiger partial charge in [0, 0.05) is 31.0 Å². The average Bonchev–Trinajstić information content (AvgIpc) is 2.97. The number of amides is 2. The van der Waals surface area contributed by atoms with Crippen molar-refractivity contribution < 1.29 is 9.59 Å². The van der Waals surface area contributed by atoms with Gasteiger partial charge in [-0.1, -0.05) is 37.3 Å². The molecule has 1 heterocycles. The molecule has 2 N–H and O–H groups in total. The van der Waals surface area contributed by atoms with E-state index in [1.54, 1.807) is 6.08 Å². The minimum Gasteiger partial charge on any atom is -0.354 e. The van der Waals surface area contributed by atoms with Gasteiger partial charge in [0.05, 0.1) is 6.42 Å². The summed E-state index contributed by atoms with van der Waals surface area (Å²) in [5, 5.41) is 14.8. The molecule has 2 amide bonds. The number of hydrogen-bond acceptors (Lipinski definition) is 3. The van der Waals surface area contributed by atoms with Crippen LogP contribution in [0.25, 0.3) is 6.08 Å². The molecule has 0 bridgehead atoms. The van der Waals surface area contributed by atoms with Gasteiger partial charge in [0.2, 0.25) is 5.91 Å². The van der Waals surface area contributed by atoms with Gasteiger partial charge in [-0.3, -0.25) is 9.59 Å². The Labute approximate surface area is 172 Å². The van der Waals surface area contributed by atoms with Crippen LogP contribution in [0, 0.1) is 25.2 Å². The van der Waals surface area contributed by atoms with Crippen LogP contribution in [-0.2, 0) is 22.6 Å². The van der Waals surface area contributed by atoms with Crippen molar-refractivity contribution >= 4 is 17.9 Å². The monoisotopic (exact) mass is 392 g/mol. The Kier molecular flexibility index (Phi) is 8.23. The smallest absolute Gasteiger partial charge is 0.262 e. The van der Waals surface area contributed by atoms with Crippen molar-refractivity contribution in [2.24, 2.45) is 0 Å². The number of nitrogens with one attached hydrogen (secondary N) is 2. The van der Waals surface area contributed by atoms with E-state index in [0.717, 1.165) is 35.5 Å². The topological polar surface area (TPSA) is 86.9 Å². The Morgan fingerprint density at radius 1 is 1.14 bits per heavy atom. The summed E-state index contributed by atoms with van der Waals surface area (Å²) >= 11 is 0. The van der Waals surface area contributed by atoms with Gasteiger partial charge < -0.3 is 15.2 Å². The number of benzene rings is 1. The van der Waals surface area contributed by atoms with E-state index >= 15 is 0 Å². The first kappa shape index (κ1) is 22.0. The van der Waals surface area contributed by atoms with Crippen molar-refractivity contribution in [2.45, 2.75) is 40.2 Å². The minimum absolute atomic E-state index is 0.0531. The molecule has 152 valence electrons. The fraction of sp³-hybridized carbons (Fsp3) is 0.348. The average molecular weight is 393 g/mol. The highest BCUT2D eigenvalue weighted by Gasteiger charge is 2.12. The first-order valence-electron chi connectivity index (χ1n) is 9.83. The summed E-state index contributed by atoms with van der Waals surface area (Å²) in [5.41, 5.74) is 4.01. The highest BCUT2D eigenvalue weighted by molar-refractivity contribution is 6.01. The Morgan fingerprint density at radius 2 is 1.83 bits per heavy atom. The Balaban J connectivity index is 1.87. The van der Waals surface area contributed by atoms with Crippen molar-refractivity contribution in [2.75, 3.05) is 13.1 Å². The van der Waals surface area contributed by atoms with Crippen LogP contribution in [-0.4, -0.2) is 29.5 Å². The largest absolute Gasteiger partial charge is 0.354 e. The number of hydrogen-bond donors (Lipinski definition) is 2. The van der Waals surface area contributed by atoms with Gasteiger partial charge in [0.1, 0.15) is 11.6 Å². The predicted molar refractivity (Wildman–Crippen MR) is 114 cm³/mol. The number of nitrogens with zero attached hydrogens (tertiary/aromatic N) is 2. The van der Waals surface area contributed by atoms with Gasteiger partial charge >= 0.3 is 0 Å². The molecule has 0 spiro atoms. The first-order chi connectivity index (χ1) is 14.0. The lowest BCUT2D eigenvalue weighted by atomic mass is 10.1. The summed E-state index contributed by atoms with van der Waals surface area (Å²) in [6, 6.07) is 13.4. The van der Waals surface area contributed by atoms with Gasteiger partial charge in [-0.15, -0.1) is 0 Å². The summed E-state index contributed by atoms with van der Waals surface area (Å²) in [5.74, 6) is -0.546. The van der Waals surface area contributed by atoms with Gasteiger partial charge in [0.15, 0.2) is 0 Å². The number of carbonyl (C=O) groups excluding carboxylic acids is 2. The van der Waals surface area contributed by atoms with E-state index in [0.29, 0.717) is 13.0 Å². The standard InChI is InChI=1S/C23H28N4O2/c1-4-12-27-17(2)13-20(18(27)3)15-21(16-24)23(29)26-11-10-25-22(28)14-19-8-6-5-7-9-19/h5-9,13,15H,4,10-12,14H2,1-3H3,(H,25,28)(H,26,29)/b21-15+. The second-order valence-electron chi connectivity index (χ2n) is 6.92. The molecule has 1 aromatic carbocycles. The highest BCUT2D eigenvalue weighted by Crippen LogP contribution is 2.18. The Morgan fingerprint density at radius 3 is 2.48 bits per heavy atom. The second kappa shape index (κ2) is 10.9. The molecule has 0 aliphatic carbocycles. The van der Waals surface area contributed by atoms with Crippen LogP contribution >= 0.6 is 0 Å². The van der Waals surface area contributed by atoms with E-state index in [1.165, 1.54) is 0 Å². The molecule has 1 aromatic heterocycles. The van der Waals surface area contributed by atoms with E-state index < -0.39 is 5.91 Å². The molecule has 2 rings (SSSR count). The zero-order valence-electron chi connectivity index (χ0n) is 17.3. The van der Waals surface area contributed by atoms with Crippen LogP contribution < -0.4 is 10.6 Å². The van der Waals surface area contributed by atoms with Gasteiger partial charge in [-0.2, -0.15) is 5.26 Å². The highest BCUT2D eigenvalue weighted by atomic mass is 16.2. The van der Waals surface area contributed by atoms with Crippen molar-refractivity contribution in [3.8, 4) is 6.07 Å². The van der Waals surface area contributed by atoms with Crippen LogP contribution in [0.2, 0.25) is 0 Å². The maximum absolute atomic E-state index is 12.3. The molecule has 2 aromatic rings. The van der Waals surface area contributed by atoms with Crippen molar-refractivity contribution in [1.29, 1.82) is 5.26 Å². The van der Waals surface area contributed by atoms with Crippen LogP contribution in [0.15, 0.2) is 42.0 Å². The lowest BCUT2D eigenvalue weighted by molar-refractivity contribution is -0.121. The zero-order chi connectivity index (χ0) is 21.2. The van der Waals surface area contributed by atoms with Crippen molar-refractivity contribution in [1.82, 2.24) is 15.2 Å². The molecule has 6 heteroatoms. The van der Waals surface area contributed by atoms with Gasteiger partial charge in [0.25, 0.3) is 5.91 Å². The van der Waals surface area contributed by atoms with Crippen LogP contribution in [0.1, 0.15) is 35.9 Å². The number of aryl methyl sites for hydroxylation is 1. The van der Waals surface area contributed by atoms with Crippen molar-refractivity contribution in [3.63, 3.8) is 0 Å². The summed E-state index contributed by atoms with van der Waals surface area (Å²) in [4.78, 5) is 24.2. The molecule has 0 aliphatic rings. The molecular formula is C23H28N4O2. The summed E-state index contributed by atoms with van der Waals surface area (Å²) < 4.78 is 2.18. The van der Waals surface area contributed by atoms with Crippen LogP contribution in [0.4, 0.5) is 0 Å². The predicted octanol–water partition coefficient (Wildman–Crippen LogP) is 2.90. The maximum atomic E-state index is 12.3. The van der Waals surface area contributed by atoms with Crippen LogP contribution in [0.3, 0.4) is 0 Å². The molecule has 0 saturated heterocycles. The molecule has 0 aliphatic heterocycles. The fourth-order valence-corrected chi connectivity index (χ4v) is 3.16. The SMILES string of the molecule is CCCn1c(C)cc(/C=C(\C#N)C(=O)NCCNC(=O)Cc2ccccc2)c1C. The third kappa shape index (κ3) is 6.35. The molecule has 0 radical (unpaired) electrons. The fourth-order valence-electron chi connectivity index (χ4n) is 3.16. The quantitative estimate of drug-likeness (QED) is 0.391. The van der Waals surface area contributed by atoms with Gasteiger partial charge in [-0.25, -0.2) is 0 Å². The number of nitriles is 1. The molecular weight excluding hydrogens is 364 g/mol. The lowest BCUT2D eigenvalue weighted by Crippen LogP contribution is -2.35. The third-order valence-corrected chi connectivity index (χ3v) is 4.67. The Hall–Kier alpha value is -3.33. The normalized spacial score (nSPS) is 11.0. The number of aromatic nitrogens is 1. The number of rotatable bonds is 9. The van der Waals surface area contributed by atoms with E-state index in [4.69, 9.17) is 0 Å². The first-order valence-corrected chi connectivity index (χ1v) is 9.83. The van der Waals surface area contributed by atoms with E-state index in [1.807, 2.05) is 56.3 Å². The molecule has 0 fully saturated rings. The van der Waals surface area contributed by atoms with E-state index in [9.17, 15) is 14.9 Å². The minimum atomic E-state index is -0.440. The summed E-state index contributed by atoms with van der Waals surface area (Å²) in [6.07, 6.45) is 2.93. The number of carbonyl (C=O) groups is 2. The lowest BCUT2D eigenvalue weighted by Gasteiger charge is -2.08. The second-order valence-corrected chi connectivity index (χ2v) is 6.92. The molecule has 6 nitrogen and oxygen atoms in total. The molecule has 0 unspecified atom stereocenters. The summed E-state index contributed by atoms with van der Waals surface area (Å²) in [6.45, 7) is 7.59. The van der Waals surface area contributed by atoms with Crippen LogP contribution in [0.5, 0.6) is 0 Å². The summed E-state index contributed by atoms with van der Waals surface area (Å²) in [7, 11) is 0. The zero-order valence-corrected chi connectivity index (χ0v) is 17.3. The van der Waals surface area contributed by atoms with E-state index in [-0.39, 0.29) is 18.0 Å². The molecule has 29 heavy (non-hydrogen) atoms.